The molecule has 2 aliphatic rings. The van der Waals surface area contributed by atoms with Crippen molar-refractivity contribution in [3.63, 3.8) is 0 Å². The minimum absolute atomic E-state index is 0.102. The summed E-state index contributed by atoms with van der Waals surface area (Å²) >= 11 is 1.87. The van der Waals surface area contributed by atoms with Gasteiger partial charge >= 0.3 is 0 Å². The summed E-state index contributed by atoms with van der Waals surface area (Å²) in [5.74, 6) is 0.102. The van der Waals surface area contributed by atoms with Gasteiger partial charge in [-0.2, -0.15) is 5.26 Å². The van der Waals surface area contributed by atoms with Crippen LogP contribution in [-0.4, -0.2) is 48.4 Å². The number of thiophene rings is 1. The van der Waals surface area contributed by atoms with Gasteiger partial charge in [0.2, 0.25) is 5.91 Å². The number of nitrogens with zero attached hydrogens (tertiary/aromatic N) is 4. The summed E-state index contributed by atoms with van der Waals surface area (Å²) in [5.41, 5.74) is 1.41. The number of hydrogen-bond acceptors (Lipinski definition) is 5. The van der Waals surface area contributed by atoms with Crippen LogP contribution in [0.15, 0.2) is 36.4 Å². The summed E-state index contributed by atoms with van der Waals surface area (Å²) < 4.78 is 0. The maximum Gasteiger partial charge on any atom is 0.241 e. The molecule has 4 rings (SSSR count). The highest BCUT2D eigenvalue weighted by Gasteiger charge is 2.25. The number of nitriles is 1. The molecule has 27 heavy (non-hydrogen) atoms. The molecule has 6 heteroatoms. The number of anilines is 1. The van der Waals surface area contributed by atoms with Gasteiger partial charge in [-0.05, 0) is 56.3 Å². The van der Waals surface area contributed by atoms with Crippen molar-refractivity contribution in [3.8, 4) is 6.07 Å². The topological polar surface area (TPSA) is 50.6 Å². The van der Waals surface area contributed by atoms with E-state index in [0.717, 1.165) is 25.3 Å². The van der Waals surface area contributed by atoms with Gasteiger partial charge < -0.3 is 4.90 Å². The molecule has 0 aliphatic carbocycles. The van der Waals surface area contributed by atoms with Crippen LogP contribution in [0, 0.1) is 11.3 Å². The molecule has 2 fully saturated rings. The average Bonchev–Trinajstić information content (AvgIpc) is 3.34. The highest BCUT2D eigenvalue weighted by Crippen LogP contribution is 2.24. The third-order valence-electron chi connectivity index (χ3n) is 5.26. The minimum Gasteiger partial charge on any atom is -0.310 e. The second kappa shape index (κ2) is 8.22. The number of carbonyl (C=O) groups is 1. The van der Waals surface area contributed by atoms with Gasteiger partial charge in [-0.15, -0.1) is 11.3 Å². The number of piperazine rings is 1. The third-order valence-corrected chi connectivity index (χ3v) is 6.32. The normalized spacial score (nSPS) is 18.8. The molecule has 3 heterocycles. The summed E-state index contributed by atoms with van der Waals surface area (Å²) in [6.07, 6.45) is 2.64. The zero-order valence-corrected chi connectivity index (χ0v) is 16.2. The van der Waals surface area contributed by atoms with E-state index in [2.05, 4.69) is 28.0 Å². The van der Waals surface area contributed by atoms with Crippen LogP contribution in [-0.2, 0) is 17.9 Å². The van der Waals surface area contributed by atoms with Gasteiger partial charge in [0.05, 0.1) is 18.2 Å². The molecule has 0 spiro atoms. The number of hydrogen-bond donors (Lipinski definition) is 0. The molecular formula is C21H24N4OS. The smallest absolute Gasteiger partial charge is 0.241 e. The molecule has 1 aromatic carbocycles. The second-order valence-electron chi connectivity index (χ2n) is 7.27. The lowest BCUT2D eigenvalue weighted by Gasteiger charge is -2.34. The van der Waals surface area contributed by atoms with Gasteiger partial charge in [0.15, 0.2) is 0 Å². The summed E-state index contributed by atoms with van der Waals surface area (Å²) in [6, 6.07) is 13.9. The van der Waals surface area contributed by atoms with E-state index in [1.165, 1.54) is 35.7 Å². The van der Waals surface area contributed by atoms with Gasteiger partial charge in [-0.3, -0.25) is 14.6 Å². The Balaban J connectivity index is 1.34. The molecule has 0 N–H and O–H groups in total. The Labute approximate surface area is 164 Å². The van der Waals surface area contributed by atoms with Gasteiger partial charge in [-0.1, -0.05) is 6.07 Å². The number of benzene rings is 1. The van der Waals surface area contributed by atoms with Crippen molar-refractivity contribution < 1.29 is 4.79 Å². The van der Waals surface area contributed by atoms with Crippen LogP contribution in [0.4, 0.5) is 5.69 Å². The molecule has 0 atom stereocenters. The first-order chi connectivity index (χ1) is 13.2. The number of rotatable bonds is 5. The highest BCUT2D eigenvalue weighted by atomic mass is 32.1. The Kier molecular flexibility index (Phi) is 5.53. The lowest BCUT2D eigenvalue weighted by Crippen LogP contribution is -2.50. The molecule has 140 valence electrons. The first-order valence-electron chi connectivity index (χ1n) is 9.54. The summed E-state index contributed by atoms with van der Waals surface area (Å²) in [6.45, 7) is 6.28. The summed E-state index contributed by atoms with van der Waals surface area (Å²) in [5, 5.41) is 9.06. The Morgan fingerprint density at radius 1 is 0.963 bits per heavy atom. The van der Waals surface area contributed by atoms with Crippen molar-refractivity contribution in [1.82, 2.24) is 9.80 Å². The number of amides is 1. The lowest BCUT2D eigenvalue weighted by atomic mass is 10.2. The number of carbonyl (C=O) groups excluding carboxylic acids is 1. The van der Waals surface area contributed by atoms with Crippen LogP contribution >= 0.6 is 11.3 Å². The zero-order chi connectivity index (χ0) is 18.6. The Morgan fingerprint density at radius 2 is 1.70 bits per heavy atom. The number of likely N-dealkylation sites (tertiary alicyclic amines) is 1. The van der Waals surface area contributed by atoms with Crippen molar-refractivity contribution in [2.24, 2.45) is 0 Å². The molecule has 2 aliphatic heterocycles. The fourth-order valence-electron chi connectivity index (χ4n) is 3.85. The van der Waals surface area contributed by atoms with Crippen LogP contribution in [0.2, 0.25) is 0 Å². The third kappa shape index (κ3) is 4.38. The van der Waals surface area contributed by atoms with Gasteiger partial charge in [0, 0.05) is 41.6 Å². The molecule has 1 aromatic heterocycles. The molecule has 2 saturated heterocycles. The zero-order valence-electron chi connectivity index (χ0n) is 15.4. The Morgan fingerprint density at radius 3 is 2.41 bits per heavy atom. The van der Waals surface area contributed by atoms with Crippen LogP contribution in [0.25, 0.3) is 0 Å². The quantitative estimate of drug-likeness (QED) is 0.800. The molecule has 0 bridgehead atoms. The minimum atomic E-state index is 0.102. The van der Waals surface area contributed by atoms with E-state index in [0.29, 0.717) is 18.7 Å². The first kappa shape index (κ1) is 18.2. The first-order valence-corrected chi connectivity index (χ1v) is 10.4. The predicted molar refractivity (Wildman–Crippen MR) is 108 cm³/mol. The van der Waals surface area contributed by atoms with Gasteiger partial charge in [0.25, 0.3) is 0 Å². The van der Waals surface area contributed by atoms with Crippen LogP contribution < -0.4 is 4.90 Å². The summed E-state index contributed by atoms with van der Waals surface area (Å²) in [7, 11) is 0. The van der Waals surface area contributed by atoms with Crippen molar-refractivity contribution in [2.75, 3.05) is 37.6 Å². The predicted octanol–water partition coefficient (Wildman–Crippen LogP) is 3.06. The van der Waals surface area contributed by atoms with Gasteiger partial charge in [-0.25, -0.2) is 0 Å². The fraction of sp³-hybridized carbons (Fsp3) is 0.429. The lowest BCUT2D eigenvalue weighted by molar-refractivity contribution is -0.121. The summed E-state index contributed by atoms with van der Waals surface area (Å²) in [4.78, 5) is 21.9. The van der Waals surface area contributed by atoms with Crippen molar-refractivity contribution in [2.45, 2.75) is 25.9 Å². The van der Waals surface area contributed by atoms with E-state index in [1.807, 2.05) is 23.5 Å². The van der Waals surface area contributed by atoms with Crippen LogP contribution in [0.3, 0.4) is 0 Å². The fourth-order valence-corrected chi connectivity index (χ4v) is 4.95. The monoisotopic (exact) mass is 380 g/mol. The Bertz CT molecular complexity index is 850. The largest absolute Gasteiger partial charge is 0.310 e. The van der Waals surface area contributed by atoms with Crippen LogP contribution in [0.1, 0.15) is 28.2 Å². The van der Waals surface area contributed by atoms with Crippen molar-refractivity contribution in [3.05, 3.63) is 51.7 Å². The standard InChI is InChI=1S/C21H24N4OS/c22-13-17-4-3-5-18(12-17)25-11-10-24(16-21(25)26)15-20-7-6-19(27-20)14-23-8-1-2-9-23/h3-7,12H,1-2,8-11,14-16H2. The highest BCUT2D eigenvalue weighted by molar-refractivity contribution is 7.11. The van der Waals surface area contributed by atoms with Gasteiger partial charge in [0.1, 0.15) is 0 Å². The SMILES string of the molecule is N#Cc1cccc(N2CCN(Cc3ccc(CN4CCCC4)s3)CC2=O)c1. The Hall–Kier alpha value is -2.20. The van der Waals surface area contributed by atoms with Crippen molar-refractivity contribution in [1.29, 1.82) is 5.26 Å². The molecular weight excluding hydrogens is 356 g/mol. The maximum atomic E-state index is 12.6. The molecule has 5 nitrogen and oxygen atoms in total. The van der Waals surface area contributed by atoms with Crippen LogP contribution in [0.5, 0.6) is 0 Å². The maximum absolute atomic E-state index is 12.6. The average molecular weight is 381 g/mol. The molecule has 0 radical (unpaired) electrons. The molecule has 0 unspecified atom stereocenters. The van der Waals surface area contributed by atoms with E-state index >= 15 is 0 Å². The van der Waals surface area contributed by atoms with E-state index in [9.17, 15) is 4.79 Å². The van der Waals surface area contributed by atoms with Crippen molar-refractivity contribution >= 4 is 22.9 Å². The van der Waals surface area contributed by atoms with E-state index in [-0.39, 0.29) is 5.91 Å². The van der Waals surface area contributed by atoms with E-state index in [1.54, 1.807) is 17.0 Å². The van der Waals surface area contributed by atoms with E-state index in [4.69, 9.17) is 5.26 Å². The molecule has 0 saturated carbocycles. The molecule has 1 amide bonds. The molecule has 2 aromatic rings. The van der Waals surface area contributed by atoms with E-state index < -0.39 is 0 Å². The second-order valence-corrected chi connectivity index (χ2v) is 8.52.